The summed E-state index contributed by atoms with van der Waals surface area (Å²) < 4.78 is 10.6. The highest BCUT2D eigenvalue weighted by Crippen LogP contribution is 2.37. The number of rotatable bonds is 11. The molecular formula is C17H35NO2. The van der Waals surface area contributed by atoms with Crippen LogP contribution in [0.25, 0.3) is 0 Å². The Morgan fingerprint density at radius 3 is 2.60 bits per heavy atom. The van der Waals surface area contributed by atoms with Gasteiger partial charge < -0.3 is 14.8 Å². The van der Waals surface area contributed by atoms with Crippen molar-refractivity contribution < 1.29 is 9.47 Å². The van der Waals surface area contributed by atoms with Crippen molar-refractivity contribution >= 4 is 0 Å². The molecule has 0 bridgehead atoms. The van der Waals surface area contributed by atoms with Crippen molar-refractivity contribution in [3.05, 3.63) is 0 Å². The zero-order valence-corrected chi connectivity index (χ0v) is 13.8. The van der Waals surface area contributed by atoms with Crippen molar-refractivity contribution in [2.45, 2.75) is 52.4 Å². The Balaban J connectivity index is 2.24. The van der Waals surface area contributed by atoms with Crippen LogP contribution in [0.3, 0.4) is 0 Å². The lowest BCUT2D eigenvalue weighted by Crippen LogP contribution is -2.33. The molecule has 1 aliphatic rings. The standard InChI is InChI=1S/C17H35NO2/c1-4-15-8-9-17(14-18-5-2)16(13-15)7-6-10-20-12-11-19-3/h15-18H,4-14H2,1-3H3. The molecule has 0 aromatic rings. The van der Waals surface area contributed by atoms with Crippen molar-refractivity contribution in [1.29, 1.82) is 0 Å². The van der Waals surface area contributed by atoms with Gasteiger partial charge >= 0.3 is 0 Å². The van der Waals surface area contributed by atoms with Crippen LogP contribution < -0.4 is 5.32 Å². The van der Waals surface area contributed by atoms with Crippen LogP contribution in [0.5, 0.6) is 0 Å². The quantitative estimate of drug-likeness (QED) is 0.590. The van der Waals surface area contributed by atoms with Gasteiger partial charge in [0.05, 0.1) is 13.2 Å². The topological polar surface area (TPSA) is 30.5 Å². The average molecular weight is 285 g/mol. The Hall–Kier alpha value is -0.120. The van der Waals surface area contributed by atoms with Crippen LogP contribution in [0.2, 0.25) is 0 Å². The van der Waals surface area contributed by atoms with Crippen molar-refractivity contribution in [2.75, 3.05) is 40.0 Å². The first-order chi connectivity index (χ1) is 9.81. The summed E-state index contributed by atoms with van der Waals surface area (Å²) in [7, 11) is 1.72. The molecule has 1 rings (SSSR count). The summed E-state index contributed by atoms with van der Waals surface area (Å²) in [6.45, 7) is 9.20. The molecule has 0 amide bonds. The van der Waals surface area contributed by atoms with Gasteiger partial charge in [0.2, 0.25) is 0 Å². The molecule has 1 fully saturated rings. The fraction of sp³-hybridized carbons (Fsp3) is 1.00. The van der Waals surface area contributed by atoms with Crippen LogP contribution >= 0.6 is 0 Å². The normalized spacial score (nSPS) is 26.9. The molecule has 1 N–H and O–H groups in total. The molecule has 3 nitrogen and oxygen atoms in total. The third kappa shape index (κ3) is 7.05. The fourth-order valence-electron chi connectivity index (χ4n) is 3.44. The number of ether oxygens (including phenoxy) is 2. The van der Waals surface area contributed by atoms with Crippen LogP contribution in [0, 0.1) is 17.8 Å². The highest BCUT2D eigenvalue weighted by atomic mass is 16.5. The molecule has 20 heavy (non-hydrogen) atoms. The van der Waals surface area contributed by atoms with Crippen LogP contribution in [0.4, 0.5) is 0 Å². The largest absolute Gasteiger partial charge is 0.382 e. The first-order valence-corrected chi connectivity index (χ1v) is 8.59. The molecule has 120 valence electrons. The average Bonchev–Trinajstić information content (AvgIpc) is 2.49. The van der Waals surface area contributed by atoms with Crippen LogP contribution in [0.1, 0.15) is 52.4 Å². The minimum Gasteiger partial charge on any atom is -0.382 e. The van der Waals surface area contributed by atoms with Crippen molar-refractivity contribution in [1.82, 2.24) is 5.32 Å². The SMILES string of the molecule is CCNCC1CCC(CC)CC1CCCOCCOC. The Bertz CT molecular complexity index is 223. The van der Waals surface area contributed by atoms with E-state index in [1.165, 1.54) is 45.1 Å². The zero-order valence-electron chi connectivity index (χ0n) is 13.8. The fourth-order valence-corrected chi connectivity index (χ4v) is 3.44. The van der Waals surface area contributed by atoms with Gasteiger partial charge in [0.15, 0.2) is 0 Å². The second-order valence-electron chi connectivity index (χ2n) is 6.16. The third-order valence-electron chi connectivity index (χ3n) is 4.78. The lowest BCUT2D eigenvalue weighted by molar-refractivity contribution is 0.0627. The maximum Gasteiger partial charge on any atom is 0.0700 e. The van der Waals surface area contributed by atoms with E-state index in [1.54, 1.807) is 7.11 Å². The maximum atomic E-state index is 5.59. The number of hydrogen-bond donors (Lipinski definition) is 1. The summed E-state index contributed by atoms with van der Waals surface area (Å²) in [6.07, 6.45) is 8.18. The summed E-state index contributed by atoms with van der Waals surface area (Å²) >= 11 is 0. The van der Waals surface area contributed by atoms with Gasteiger partial charge in [0, 0.05) is 13.7 Å². The molecule has 3 atom stereocenters. The molecule has 3 unspecified atom stereocenters. The number of methoxy groups -OCH3 is 1. The summed E-state index contributed by atoms with van der Waals surface area (Å²) in [5.74, 6) is 2.75. The van der Waals surface area contributed by atoms with E-state index in [-0.39, 0.29) is 0 Å². The molecule has 0 spiro atoms. The summed E-state index contributed by atoms with van der Waals surface area (Å²) in [6, 6.07) is 0. The zero-order chi connectivity index (χ0) is 14.6. The summed E-state index contributed by atoms with van der Waals surface area (Å²) in [5, 5.41) is 3.55. The Morgan fingerprint density at radius 2 is 1.90 bits per heavy atom. The van der Waals surface area contributed by atoms with Crippen LogP contribution in [-0.2, 0) is 9.47 Å². The predicted octanol–water partition coefficient (Wildman–Crippen LogP) is 3.48. The van der Waals surface area contributed by atoms with Gasteiger partial charge in [-0.1, -0.05) is 26.7 Å². The molecule has 0 saturated heterocycles. The molecule has 0 aromatic heterocycles. The van der Waals surface area contributed by atoms with E-state index in [2.05, 4.69) is 19.2 Å². The Morgan fingerprint density at radius 1 is 1.05 bits per heavy atom. The maximum absolute atomic E-state index is 5.59. The Labute approximate surface area is 125 Å². The van der Waals surface area contributed by atoms with E-state index < -0.39 is 0 Å². The van der Waals surface area contributed by atoms with Gasteiger partial charge in [0.25, 0.3) is 0 Å². The minimum atomic E-state index is 0.713. The molecule has 0 radical (unpaired) electrons. The number of hydrogen-bond acceptors (Lipinski definition) is 3. The highest BCUT2D eigenvalue weighted by Gasteiger charge is 2.28. The second-order valence-corrected chi connectivity index (χ2v) is 6.16. The first-order valence-electron chi connectivity index (χ1n) is 8.59. The van der Waals surface area contributed by atoms with Crippen LogP contribution in [0.15, 0.2) is 0 Å². The van der Waals surface area contributed by atoms with Gasteiger partial charge in [0.1, 0.15) is 0 Å². The van der Waals surface area contributed by atoms with Crippen molar-refractivity contribution in [3.8, 4) is 0 Å². The van der Waals surface area contributed by atoms with E-state index in [4.69, 9.17) is 9.47 Å². The van der Waals surface area contributed by atoms with Crippen molar-refractivity contribution in [2.24, 2.45) is 17.8 Å². The third-order valence-corrected chi connectivity index (χ3v) is 4.78. The molecule has 0 aromatic carbocycles. The van der Waals surface area contributed by atoms with E-state index in [0.717, 1.165) is 37.5 Å². The van der Waals surface area contributed by atoms with Gasteiger partial charge in [-0.3, -0.25) is 0 Å². The van der Waals surface area contributed by atoms with Gasteiger partial charge in [-0.25, -0.2) is 0 Å². The molecule has 1 aliphatic carbocycles. The van der Waals surface area contributed by atoms with Crippen molar-refractivity contribution in [3.63, 3.8) is 0 Å². The van der Waals surface area contributed by atoms with E-state index in [0.29, 0.717) is 6.61 Å². The van der Waals surface area contributed by atoms with E-state index in [9.17, 15) is 0 Å². The monoisotopic (exact) mass is 285 g/mol. The molecular weight excluding hydrogens is 250 g/mol. The Kier molecular flexibility index (Phi) is 10.3. The molecule has 3 heteroatoms. The molecule has 1 saturated carbocycles. The molecule has 0 aliphatic heterocycles. The van der Waals surface area contributed by atoms with E-state index in [1.807, 2.05) is 0 Å². The minimum absolute atomic E-state index is 0.713. The lowest BCUT2D eigenvalue weighted by Gasteiger charge is -2.36. The first kappa shape index (κ1) is 17.9. The predicted molar refractivity (Wildman–Crippen MR) is 85.1 cm³/mol. The van der Waals surface area contributed by atoms with Crippen LogP contribution in [-0.4, -0.2) is 40.0 Å². The van der Waals surface area contributed by atoms with Gasteiger partial charge in [-0.2, -0.15) is 0 Å². The summed E-state index contributed by atoms with van der Waals surface area (Å²) in [4.78, 5) is 0. The second kappa shape index (κ2) is 11.5. The van der Waals surface area contributed by atoms with Gasteiger partial charge in [-0.15, -0.1) is 0 Å². The van der Waals surface area contributed by atoms with E-state index >= 15 is 0 Å². The summed E-state index contributed by atoms with van der Waals surface area (Å²) in [5.41, 5.74) is 0. The highest BCUT2D eigenvalue weighted by molar-refractivity contribution is 4.81. The lowest BCUT2D eigenvalue weighted by atomic mass is 9.71. The smallest absolute Gasteiger partial charge is 0.0700 e. The number of nitrogens with one attached hydrogen (secondary N) is 1. The van der Waals surface area contributed by atoms with Gasteiger partial charge in [-0.05, 0) is 56.5 Å². The molecule has 0 heterocycles.